The number of hydrogen-bond donors (Lipinski definition) is 1. The molecule has 0 bridgehead atoms. The van der Waals surface area contributed by atoms with Crippen LogP contribution in [0.15, 0.2) is 28.9 Å². The topological polar surface area (TPSA) is 45.4 Å². The van der Waals surface area contributed by atoms with Gasteiger partial charge < -0.3 is 10.6 Å². The molecule has 1 aromatic heterocycles. The molecule has 1 aromatic carbocycles. The van der Waals surface area contributed by atoms with Crippen LogP contribution < -0.4 is 10.6 Å². The van der Waals surface area contributed by atoms with Crippen LogP contribution in [0.2, 0.25) is 0 Å². The third kappa shape index (κ3) is 2.72. The number of pyridine rings is 1. The van der Waals surface area contributed by atoms with Gasteiger partial charge in [0.25, 0.3) is 0 Å². The molecule has 3 rings (SSSR count). The van der Waals surface area contributed by atoms with Crippen molar-refractivity contribution in [2.45, 2.75) is 19.4 Å². The van der Waals surface area contributed by atoms with Crippen molar-refractivity contribution in [3.05, 3.63) is 28.9 Å². The molecular formula is C16H21BrN4. The summed E-state index contributed by atoms with van der Waals surface area (Å²) in [6.45, 7) is 5.33. The number of halogens is 1. The number of nitrogens with zero attached hydrogens (tertiary/aromatic N) is 3. The van der Waals surface area contributed by atoms with Crippen LogP contribution in [0.5, 0.6) is 0 Å². The Hall–Kier alpha value is -1.33. The molecule has 1 unspecified atom stereocenters. The first-order chi connectivity index (χ1) is 10.1. The first kappa shape index (κ1) is 14.6. The van der Waals surface area contributed by atoms with E-state index in [0.29, 0.717) is 6.04 Å². The fourth-order valence-electron chi connectivity index (χ4n) is 3.11. The predicted molar refractivity (Wildman–Crippen MR) is 92.8 cm³/mol. The van der Waals surface area contributed by atoms with Gasteiger partial charge in [0, 0.05) is 35.5 Å². The number of benzene rings is 1. The maximum absolute atomic E-state index is 6.26. The highest BCUT2D eigenvalue weighted by atomic mass is 79.9. The second kappa shape index (κ2) is 5.81. The van der Waals surface area contributed by atoms with Crippen molar-refractivity contribution in [1.82, 2.24) is 9.88 Å². The van der Waals surface area contributed by atoms with Crippen LogP contribution in [-0.2, 0) is 0 Å². The van der Waals surface area contributed by atoms with Gasteiger partial charge in [0.1, 0.15) is 0 Å². The van der Waals surface area contributed by atoms with Crippen molar-refractivity contribution >= 4 is 38.2 Å². The number of nitrogens with two attached hydrogens (primary N) is 1. The van der Waals surface area contributed by atoms with Crippen molar-refractivity contribution in [2.24, 2.45) is 0 Å². The molecule has 2 N–H and O–H groups in total. The zero-order chi connectivity index (χ0) is 15.0. The Bertz CT molecular complexity index is 653. The molecule has 2 aromatic rings. The summed E-state index contributed by atoms with van der Waals surface area (Å²) in [5, 5.41) is 1.13. The number of aromatic nitrogens is 1. The third-order valence-electron chi connectivity index (χ3n) is 4.39. The maximum atomic E-state index is 6.26. The minimum Gasteiger partial charge on any atom is -0.396 e. The van der Waals surface area contributed by atoms with E-state index < -0.39 is 0 Å². The zero-order valence-electron chi connectivity index (χ0n) is 12.5. The molecule has 0 aliphatic carbocycles. The Morgan fingerprint density at radius 2 is 2.19 bits per heavy atom. The van der Waals surface area contributed by atoms with Crippen LogP contribution in [0.1, 0.15) is 13.3 Å². The van der Waals surface area contributed by atoms with E-state index in [4.69, 9.17) is 5.73 Å². The molecule has 1 atom stereocenters. The maximum Gasteiger partial charge on any atom is 0.0745 e. The molecule has 0 radical (unpaired) electrons. The number of likely N-dealkylation sites (N-methyl/N-ethyl adjacent to an activating group) is 1. The predicted octanol–water partition coefficient (Wildman–Crippen LogP) is 3.11. The normalized spacial score (nSPS) is 20.1. The highest BCUT2D eigenvalue weighted by Gasteiger charge is 2.25. The smallest absolute Gasteiger partial charge is 0.0745 e. The molecule has 1 aliphatic heterocycles. The SMILES string of the molecule is CCC1CN(c2c(N)cnc3ccc(Br)cc23)CCN1C. The van der Waals surface area contributed by atoms with Crippen molar-refractivity contribution in [3.8, 4) is 0 Å². The minimum atomic E-state index is 0.577. The zero-order valence-corrected chi connectivity index (χ0v) is 14.1. The van der Waals surface area contributed by atoms with Gasteiger partial charge in [0.05, 0.1) is 23.1 Å². The lowest BCUT2D eigenvalue weighted by atomic mass is 10.1. The summed E-state index contributed by atoms with van der Waals surface area (Å²) < 4.78 is 1.06. The van der Waals surface area contributed by atoms with Gasteiger partial charge in [-0.3, -0.25) is 9.88 Å². The Morgan fingerprint density at radius 3 is 2.95 bits per heavy atom. The number of rotatable bonds is 2. The lowest BCUT2D eigenvalue weighted by Crippen LogP contribution is -2.51. The summed E-state index contributed by atoms with van der Waals surface area (Å²) in [7, 11) is 2.20. The number of anilines is 2. The van der Waals surface area contributed by atoms with Gasteiger partial charge in [-0.15, -0.1) is 0 Å². The first-order valence-electron chi connectivity index (χ1n) is 7.39. The molecule has 4 nitrogen and oxygen atoms in total. The van der Waals surface area contributed by atoms with E-state index in [0.717, 1.165) is 52.8 Å². The Kier molecular flexibility index (Phi) is 4.04. The van der Waals surface area contributed by atoms with Gasteiger partial charge >= 0.3 is 0 Å². The lowest BCUT2D eigenvalue weighted by Gasteiger charge is -2.41. The van der Waals surface area contributed by atoms with Crippen LogP contribution in [0, 0.1) is 0 Å². The van der Waals surface area contributed by atoms with Crippen molar-refractivity contribution in [1.29, 1.82) is 0 Å². The van der Waals surface area contributed by atoms with Crippen molar-refractivity contribution in [3.63, 3.8) is 0 Å². The Labute approximate surface area is 134 Å². The number of fused-ring (bicyclic) bond motifs is 1. The van der Waals surface area contributed by atoms with Crippen LogP contribution >= 0.6 is 15.9 Å². The van der Waals surface area contributed by atoms with Crippen LogP contribution in [-0.4, -0.2) is 42.6 Å². The van der Waals surface area contributed by atoms with Gasteiger partial charge in [-0.1, -0.05) is 22.9 Å². The Morgan fingerprint density at radius 1 is 1.38 bits per heavy atom. The molecular weight excluding hydrogens is 328 g/mol. The molecule has 1 saturated heterocycles. The van der Waals surface area contributed by atoms with Crippen molar-refractivity contribution in [2.75, 3.05) is 37.3 Å². The summed E-state index contributed by atoms with van der Waals surface area (Å²) >= 11 is 3.55. The summed E-state index contributed by atoms with van der Waals surface area (Å²) in [6, 6.07) is 6.76. The highest BCUT2D eigenvalue weighted by Crippen LogP contribution is 2.34. The standard InChI is InChI=1S/C16H21BrN4/c1-3-12-10-21(7-6-20(12)2)16-13-8-11(17)4-5-15(13)19-9-14(16)18/h4-5,8-9,12H,3,6-7,10,18H2,1-2H3. The fraction of sp³-hybridized carbons (Fsp3) is 0.438. The van der Waals surface area contributed by atoms with E-state index in [9.17, 15) is 0 Å². The van der Waals surface area contributed by atoms with Gasteiger partial charge in [-0.05, 0) is 31.7 Å². The van der Waals surface area contributed by atoms with Gasteiger partial charge in [0.2, 0.25) is 0 Å². The van der Waals surface area contributed by atoms with E-state index >= 15 is 0 Å². The van der Waals surface area contributed by atoms with E-state index in [2.05, 4.69) is 50.8 Å². The highest BCUT2D eigenvalue weighted by molar-refractivity contribution is 9.10. The summed E-state index contributed by atoms with van der Waals surface area (Å²) in [5.41, 5.74) is 9.15. The molecule has 21 heavy (non-hydrogen) atoms. The van der Waals surface area contributed by atoms with Crippen LogP contribution in [0.4, 0.5) is 11.4 Å². The van der Waals surface area contributed by atoms with E-state index in [1.165, 1.54) is 0 Å². The molecule has 112 valence electrons. The monoisotopic (exact) mass is 348 g/mol. The molecule has 1 fully saturated rings. The van der Waals surface area contributed by atoms with E-state index in [1.54, 1.807) is 6.20 Å². The van der Waals surface area contributed by atoms with Gasteiger partial charge in [-0.25, -0.2) is 0 Å². The van der Waals surface area contributed by atoms with Crippen LogP contribution in [0.3, 0.4) is 0 Å². The minimum absolute atomic E-state index is 0.577. The quantitative estimate of drug-likeness (QED) is 0.905. The van der Waals surface area contributed by atoms with Gasteiger partial charge in [-0.2, -0.15) is 0 Å². The number of nitrogen functional groups attached to an aromatic ring is 1. The Balaban J connectivity index is 2.07. The summed E-state index contributed by atoms with van der Waals surface area (Å²) in [5.74, 6) is 0. The van der Waals surface area contributed by atoms with Gasteiger partial charge in [0.15, 0.2) is 0 Å². The average Bonchev–Trinajstić information content (AvgIpc) is 2.48. The summed E-state index contributed by atoms with van der Waals surface area (Å²) in [4.78, 5) is 9.30. The number of piperazine rings is 1. The van der Waals surface area contributed by atoms with Crippen LogP contribution in [0.25, 0.3) is 10.9 Å². The number of hydrogen-bond acceptors (Lipinski definition) is 4. The second-order valence-corrected chi connectivity index (χ2v) is 6.63. The third-order valence-corrected chi connectivity index (χ3v) is 4.89. The lowest BCUT2D eigenvalue weighted by molar-refractivity contribution is 0.213. The van der Waals surface area contributed by atoms with Crippen molar-refractivity contribution < 1.29 is 0 Å². The second-order valence-electron chi connectivity index (χ2n) is 5.71. The fourth-order valence-corrected chi connectivity index (χ4v) is 3.47. The molecule has 2 heterocycles. The molecule has 5 heteroatoms. The molecule has 1 aliphatic rings. The van der Waals surface area contributed by atoms with E-state index in [1.807, 2.05) is 12.1 Å². The first-order valence-corrected chi connectivity index (χ1v) is 8.18. The molecule has 0 amide bonds. The molecule has 0 spiro atoms. The summed E-state index contributed by atoms with van der Waals surface area (Å²) in [6.07, 6.45) is 2.93. The van der Waals surface area contributed by atoms with E-state index in [-0.39, 0.29) is 0 Å². The average molecular weight is 349 g/mol. The molecule has 0 saturated carbocycles. The largest absolute Gasteiger partial charge is 0.396 e.